The standard InChI is InChI=1S/C16H16N2O/c1-11-10-15(17-8-9-19)14-7-6-12-4-2-3-5-13(12)16(14)18-11/h2-7,10,19H,8-9H2,1H3,(H,17,18). The molecule has 3 aromatic rings. The molecule has 0 bridgehead atoms. The van der Waals surface area contributed by atoms with Crippen molar-refractivity contribution >= 4 is 27.4 Å². The number of aliphatic hydroxyl groups is 1. The number of nitrogens with zero attached hydrogens (tertiary/aromatic N) is 1. The summed E-state index contributed by atoms with van der Waals surface area (Å²) in [5.41, 5.74) is 3.02. The van der Waals surface area contributed by atoms with Crippen molar-refractivity contribution in [2.24, 2.45) is 0 Å². The molecule has 0 spiro atoms. The highest BCUT2D eigenvalue weighted by molar-refractivity contribution is 6.09. The molecule has 0 radical (unpaired) electrons. The number of aryl methyl sites for hydroxylation is 1. The molecule has 0 saturated carbocycles. The minimum Gasteiger partial charge on any atom is -0.395 e. The molecule has 1 heterocycles. The number of benzene rings is 2. The molecule has 0 aliphatic heterocycles. The smallest absolute Gasteiger partial charge is 0.0804 e. The molecule has 0 saturated heterocycles. The van der Waals surface area contributed by atoms with Crippen molar-refractivity contribution in [1.82, 2.24) is 4.98 Å². The molecular formula is C16H16N2O. The van der Waals surface area contributed by atoms with Gasteiger partial charge in [-0.15, -0.1) is 0 Å². The Labute approximate surface area is 111 Å². The van der Waals surface area contributed by atoms with E-state index >= 15 is 0 Å². The maximum atomic E-state index is 8.96. The summed E-state index contributed by atoms with van der Waals surface area (Å²) >= 11 is 0. The van der Waals surface area contributed by atoms with Gasteiger partial charge in [0.05, 0.1) is 12.1 Å². The third-order valence-corrected chi connectivity index (χ3v) is 3.26. The van der Waals surface area contributed by atoms with E-state index in [2.05, 4.69) is 34.6 Å². The summed E-state index contributed by atoms with van der Waals surface area (Å²) in [6.07, 6.45) is 0. The highest BCUT2D eigenvalue weighted by Gasteiger charge is 2.06. The van der Waals surface area contributed by atoms with E-state index in [1.165, 1.54) is 5.39 Å². The van der Waals surface area contributed by atoms with E-state index in [4.69, 9.17) is 5.11 Å². The summed E-state index contributed by atoms with van der Waals surface area (Å²) in [7, 11) is 0. The fraction of sp³-hybridized carbons (Fsp3) is 0.188. The number of hydrogen-bond donors (Lipinski definition) is 2. The molecule has 3 nitrogen and oxygen atoms in total. The Balaban J connectivity index is 2.31. The molecule has 96 valence electrons. The van der Waals surface area contributed by atoms with Crippen LogP contribution in [0.5, 0.6) is 0 Å². The highest BCUT2D eigenvalue weighted by atomic mass is 16.3. The van der Waals surface area contributed by atoms with Crippen LogP contribution in [0.4, 0.5) is 5.69 Å². The molecule has 2 N–H and O–H groups in total. The number of aromatic nitrogens is 1. The lowest BCUT2D eigenvalue weighted by Gasteiger charge is -2.11. The van der Waals surface area contributed by atoms with Crippen LogP contribution in [0.25, 0.3) is 21.7 Å². The van der Waals surface area contributed by atoms with Gasteiger partial charge in [0.1, 0.15) is 0 Å². The number of pyridine rings is 1. The summed E-state index contributed by atoms with van der Waals surface area (Å²) in [4.78, 5) is 4.67. The largest absolute Gasteiger partial charge is 0.395 e. The van der Waals surface area contributed by atoms with E-state index in [1.54, 1.807) is 0 Å². The monoisotopic (exact) mass is 252 g/mol. The van der Waals surface area contributed by atoms with Gasteiger partial charge in [-0.2, -0.15) is 0 Å². The lowest BCUT2D eigenvalue weighted by atomic mass is 10.0. The Hall–Kier alpha value is -2.13. The maximum absolute atomic E-state index is 8.96. The van der Waals surface area contributed by atoms with E-state index in [0.717, 1.165) is 27.7 Å². The molecule has 2 aromatic carbocycles. The Morgan fingerprint density at radius 2 is 1.95 bits per heavy atom. The highest BCUT2D eigenvalue weighted by Crippen LogP contribution is 2.29. The second-order valence-corrected chi connectivity index (χ2v) is 4.64. The second kappa shape index (κ2) is 4.86. The molecule has 0 fully saturated rings. The molecule has 3 heteroatoms. The molecule has 1 aromatic heterocycles. The normalized spacial score (nSPS) is 11.1. The van der Waals surface area contributed by atoms with Crippen LogP contribution in [-0.2, 0) is 0 Å². The topological polar surface area (TPSA) is 45.1 Å². The van der Waals surface area contributed by atoms with Crippen LogP contribution in [0.15, 0.2) is 42.5 Å². The summed E-state index contributed by atoms with van der Waals surface area (Å²) in [5, 5.41) is 15.7. The fourth-order valence-electron chi connectivity index (χ4n) is 2.43. The zero-order valence-electron chi connectivity index (χ0n) is 10.9. The van der Waals surface area contributed by atoms with Gasteiger partial charge in [0, 0.05) is 28.7 Å². The number of nitrogens with one attached hydrogen (secondary N) is 1. The maximum Gasteiger partial charge on any atom is 0.0804 e. The van der Waals surface area contributed by atoms with Crippen molar-refractivity contribution in [2.45, 2.75) is 6.92 Å². The third-order valence-electron chi connectivity index (χ3n) is 3.26. The quantitative estimate of drug-likeness (QED) is 0.704. The fourth-order valence-corrected chi connectivity index (χ4v) is 2.43. The Morgan fingerprint density at radius 1 is 1.11 bits per heavy atom. The minimum atomic E-state index is 0.121. The molecular weight excluding hydrogens is 236 g/mol. The van der Waals surface area contributed by atoms with E-state index in [-0.39, 0.29) is 6.61 Å². The number of anilines is 1. The number of fused-ring (bicyclic) bond motifs is 3. The van der Waals surface area contributed by atoms with Crippen LogP contribution >= 0.6 is 0 Å². The van der Waals surface area contributed by atoms with Gasteiger partial charge in [-0.25, -0.2) is 0 Å². The van der Waals surface area contributed by atoms with Crippen molar-refractivity contribution in [2.75, 3.05) is 18.5 Å². The van der Waals surface area contributed by atoms with Gasteiger partial charge in [0.25, 0.3) is 0 Å². The summed E-state index contributed by atoms with van der Waals surface area (Å²) in [5.74, 6) is 0. The van der Waals surface area contributed by atoms with Crippen molar-refractivity contribution in [3.63, 3.8) is 0 Å². The van der Waals surface area contributed by atoms with Gasteiger partial charge < -0.3 is 10.4 Å². The Bertz CT molecular complexity index is 737. The molecule has 0 aliphatic carbocycles. The summed E-state index contributed by atoms with van der Waals surface area (Å²) in [6, 6.07) is 14.5. The van der Waals surface area contributed by atoms with Gasteiger partial charge in [-0.05, 0) is 18.4 Å². The van der Waals surface area contributed by atoms with E-state index in [1.807, 2.05) is 25.1 Å². The van der Waals surface area contributed by atoms with Crippen molar-refractivity contribution < 1.29 is 5.11 Å². The Morgan fingerprint density at radius 3 is 2.79 bits per heavy atom. The van der Waals surface area contributed by atoms with Crippen LogP contribution in [0.3, 0.4) is 0 Å². The zero-order valence-corrected chi connectivity index (χ0v) is 10.9. The van der Waals surface area contributed by atoms with Crippen molar-refractivity contribution in [3.8, 4) is 0 Å². The van der Waals surface area contributed by atoms with Crippen LogP contribution < -0.4 is 5.32 Å². The lowest BCUT2D eigenvalue weighted by Crippen LogP contribution is -2.06. The van der Waals surface area contributed by atoms with E-state index in [0.29, 0.717) is 6.54 Å². The first-order chi connectivity index (χ1) is 9.29. The predicted octanol–water partition coefficient (Wildman–Crippen LogP) is 3.10. The van der Waals surface area contributed by atoms with Gasteiger partial charge in [0.2, 0.25) is 0 Å². The van der Waals surface area contributed by atoms with Crippen molar-refractivity contribution in [1.29, 1.82) is 0 Å². The molecule has 0 amide bonds. The molecule has 0 aliphatic rings. The number of hydrogen-bond acceptors (Lipinski definition) is 3. The lowest BCUT2D eigenvalue weighted by molar-refractivity contribution is 0.311. The zero-order chi connectivity index (χ0) is 13.2. The second-order valence-electron chi connectivity index (χ2n) is 4.64. The Kier molecular flexibility index (Phi) is 3.05. The molecule has 0 unspecified atom stereocenters. The van der Waals surface area contributed by atoms with E-state index in [9.17, 15) is 0 Å². The van der Waals surface area contributed by atoms with Crippen LogP contribution in [0.1, 0.15) is 5.69 Å². The molecule has 3 rings (SSSR count). The van der Waals surface area contributed by atoms with Gasteiger partial charge >= 0.3 is 0 Å². The van der Waals surface area contributed by atoms with Crippen molar-refractivity contribution in [3.05, 3.63) is 48.2 Å². The van der Waals surface area contributed by atoms with Crippen LogP contribution in [-0.4, -0.2) is 23.2 Å². The summed E-state index contributed by atoms with van der Waals surface area (Å²) in [6.45, 7) is 2.66. The average molecular weight is 252 g/mol. The van der Waals surface area contributed by atoms with Crippen LogP contribution in [0.2, 0.25) is 0 Å². The third kappa shape index (κ3) is 2.13. The SMILES string of the molecule is Cc1cc(NCCO)c2ccc3ccccc3c2n1. The van der Waals surface area contributed by atoms with Crippen LogP contribution in [0, 0.1) is 6.92 Å². The number of aliphatic hydroxyl groups excluding tert-OH is 1. The first kappa shape index (κ1) is 11.9. The molecule has 0 atom stereocenters. The van der Waals surface area contributed by atoms with Gasteiger partial charge in [-0.1, -0.05) is 36.4 Å². The predicted molar refractivity (Wildman–Crippen MR) is 79.6 cm³/mol. The first-order valence-electron chi connectivity index (χ1n) is 6.43. The minimum absolute atomic E-state index is 0.121. The average Bonchev–Trinajstić information content (AvgIpc) is 2.44. The van der Waals surface area contributed by atoms with Gasteiger partial charge in [0.15, 0.2) is 0 Å². The summed E-state index contributed by atoms with van der Waals surface area (Å²) < 4.78 is 0. The molecule has 19 heavy (non-hydrogen) atoms. The van der Waals surface area contributed by atoms with E-state index < -0.39 is 0 Å². The number of rotatable bonds is 3. The first-order valence-corrected chi connectivity index (χ1v) is 6.43. The van der Waals surface area contributed by atoms with Gasteiger partial charge in [-0.3, -0.25) is 4.98 Å².